The van der Waals surface area contributed by atoms with E-state index in [0.717, 1.165) is 41.9 Å². The van der Waals surface area contributed by atoms with Gasteiger partial charge in [0.15, 0.2) is 0 Å². The van der Waals surface area contributed by atoms with Crippen LogP contribution in [0.4, 0.5) is 0 Å². The van der Waals surface area contributed by atoms with Crippen molar-refractivity contribution in [3.63, 3.8) is 0 Å². The van der Waals surface area contributed by atoms with E-state index in [-0.39, 0.29) is 16.9 Å². The Morgan fingerprint density at radius 1 is 0.682 bits per heavy atom. The summed E-state index contributed by atoms with van der Waals surface area (Å²) in [6.07, 6.45) is 47.5. The number of hydrogen-bond acceptors (Lipinski definition) is 2. The fourth-order valence-corrected chi connectivity index (χ4v) is 16.7. The molecule has 0 bridgehead atoms. The van der Waals surface area contributed by atoms with E-state index in [2.05, 4.69) is 160 Å². The van der Waals surface area contributed by atoms with Crippen molar-refractivity contribution >= 4 is 27.8 Å². The van der Waals surface area contributed by atoms with Crippen LogP contribution in [0.5, 0.6) is 0 Å². The van der Waals surface area contributed by atoms with Crippen LogP contribution >= 0.6 is 0 Å². The zero-order valence-corrected chi connectivity index (χ0v) is 39.7. The van der Waals surface area contributed by atoms with E-state index in [1.54, 1.807) is 16.7 Å². The molecule has 0 radical (unpaired) electrons. The highest BCUT2D eigenvalue weighted by Gasteiger charge is 2.50. The molecule has 2 nitrogen and oxygen atoms in total. The van der Waals surface area contributed by atoms with Gasteiger partial charge in [0, 0.05) is 46.5 Å². The van der Waals surface area contributed by atoms with Gasteiger partial charge >= 0.3 is 0 Å². The SMILES string of the molecule is CC1(C)C2=C(C=CCC2)C2C=CC(N(C3C=Cc4oc5c(-c6ccc7c(c6)C(C)(C)C6CC=CCC76)c6ccccc6cc5c4C3)C3CCC4=C(C3)C3C=CCCC3C3C=CCCC43)=CC21. The maximum atomic E-state index is 7.21. The standard InChI is InChI=1S/C64H67NO/c1-63(2)56-23-13-11-21-49(56)51-29-25-39(34-58(51)63)61-43-16-6-5-15-38(43)33-55-54-36-41(28-32-60(54)66-62(55)61)65(42-27-31-52-50-22-12-14-24-57(50)64(3,4)59(52)37-42)40-26-30-48-46-19-8-7-17-44(46)45-18-9-10-20-47(45)53(48)35-40/h5-7,10-13,15-17,20,22,25,27-29,31-34,37,40-41,44-47,49,52,56,59H,8-9,14,18-19,21,23-24,26,30,35-36H2,1-4H3. The van der Waals surface area contributed by atoms with E-state index < -0.39 is 0 Å². The van der Waals surface area contributed by atoms with Crippen LogP contribution < -0.4 is 0 Å². The number of furan rings is 1. The van der Waals surface area contributed by atoms with Crippen LogP contribution in [-0.2, 0) is 11.8 Å². The molecule has 10 atom stereocenters. The second-order valence-electron chi connectivity index (χ2n) is 23.4. The fourth-order valence-electron chi connectivity index (χ4n) is 16.7. The second-order valence-corrected chi connectivity index (χ2v) is 23.4. The van der Waals surface area contributed by atoms with Crippen molar-refractivity contribution in [2.24, 2.45) is 46.8 Å². The number of rotatable bonds is 4. The van der Waals surface area contributed by atoms with Gasteiger partial charge in [0.05, 0.1) is 6.04 Å². The number of allylic oxidation sites excluding steroid dienone is 14. The lowest BCUT2D eigenvalue weighted by atomic mass is 9.56. The van der Waals surface area contributed by atoms with Crippen LogP contribution in [0.25, 0.3) is 38.9 Å². The van der Waals surface area contributed by atoms with Gasteiger partial charge in [0.25, 0.3) is 0 Å². The van der Waals surface area contributed by atoms with Gasteiger partial charge in [0.2, 0.25) is 0 Å². The monoisotopic (exact) mass is 866 g/mol. The first-order chi connectivity index (χ1) is 32.2. The molecule has 10 aliphatic carbocycles. The molecule has 0 aliphatic heterocycles. The summed E-state index contributed by atoms with van der Waals surface area (Å²) in [4.78, 5) is 2.96. The molecule has 10 unspecified atom stereocenters. The highest BCUT2D eigenvalue weighted by atomic mass is 16.3. The van der Waals surface area contributed by atoms with E-state index >= 15 is 0 Å². The quantitative estimate of drug-likeness (QED) is 0.190. The van der Waals surface area contributed by atoms with Crippen molar-refractivity contribution in [3.05, 3.63) is 172 Å². The van der Waals surface area contributed by atoms with Gasteiger partial charge in [-0.05, 0) is 168 Å². The average Bonchev–Trinajstić information content (AvgIpc) is 3.92. The number of benzene rings is 3. The van der Waals surface area contributed by atoms with Gasteiger partial charge in [-0.1, -0.05) is 154 Å². The molecule has 10 aliphatic rings. The zero-order chi connectivity index (χ0) is 44.1. The van der Waals surface area contributed by atoms with Crippen LogP contribution in [0.15, 0.2) is 154 Å². The highest BCUT2D eigenvalue weighted by Crippen LogP contribution is 2.60. The van der Waals surface area contributed by atoms with Crippen molar-refractivity contribution in [1.29, 1.82) is 0 Å². The van der Waals surface area contributed by atoms with E-state index in [9.17, 15) is 0 Å². The molecule has 0 amide bonds. The van der Waals surface area contributed by atoms with Gasteiger partial charge in [-0.25, -0.2) is 0 Å². The van der Waals surface area contributed by atoms with Crippen molar-refractivity contribution < 1.29 is 4.42 Å². The number of nitrogens with zero attached hydrogens (tertiary/aromatic N) is 1. The Morgan fingerprint density at radius 2 is 1.56 bits per heavy atom. The third-order valence-corrected chi connectivity index (χ3v) is 19.8. The molecule has 14 rings (SSSR count). The molecule has 2 heteroatoms. The minimum absolute atomic E-state index is 0.130. The Labute approximate surface area is 393 Å². The normalized spacial score (nSPS) is 33.8. The minimum atomic E-state index is 0.130. The highest BCUT2D eigenvalue weighted by molar-refractivity contribution is 6.12. The van der Waals surface area contributed by atoms with Crippen LogP contribution in [0.2, 0.25) is 0 Å². The van der Waals surface area contributed by atoms with E-state index in [1.807, 2.05) is 11.1 Å². The molecule has 0 fully saturated rings. The van der Waals surface area contributed by atoms with Gasteiger partial charge in [-0.3, -0.25) is 0 Å². The summed E-state index contributed by atoms with van der Waals surface area (Å²) >= 11 is 0. The van der Waals surface area contributed by atoms with Gasteiger partial charge < -0.3 is 9.32 Å². The first kappa shape index (κ1) is 40.0. The predicted molar refractivity (Wildman–Crippen MR) is 274 cm³/mol. The molecule has 0 saturated carbocycles. The van der Waals surface area contributed by atoms with Crippen LogP contribution in [0.3, 0.4) is 0 Å². The van der Waals surface area contributed by atoms with E-state index in [4.69, 9.17) is 4.42 Å². The Bertz CT molecular complexity index is 3010. The summed E-state index contributed by atoms with van der Waals surface area (Å²) in [5, 5.41) is 3.89. The molecule has 1 aromatic heterocycles. The third-order valence-electron chi connectivity index (χ3n) is 19.8. The van der Waals surface area contributed by atoms with Gasteiger partial charge in [-0.2, -0.15) is 0 Å². The molecule has 334 valence electrons. The molecule has 3 aromatic carbocycles. The summed E-state index contributed by atoms with van der Waals surface area (Å²) in [5.74, 6) is 6.13. The molecule has 4 aromatic rings. The predicted octanol–water partition coefficient (Wildman–Crippen LogP) is 16.2. The minimum Gasteiger partial charge on any atom is -0.456 e. The Balaban J connectivity index is 0.879. The summed E-state index contributed by atoms with van der Waals surface area (Å²) in [6.45, 7) is 10.1. The zero-order valence-electron chi connectivity index (χ0n) is 39.7. The topological polar surface area (TPSA) is 16.4 Å². The van der Waals surface area contributed by atoms with Crippen molar-refractivity contribution in [1.82, 2.24) is 4.90 Å². The molecular formula is C64H67NO. The Hall–Kier alpha value is -5.08. The molecule has 1 heterocycles. The number of fused-ring (bicyclic) bond motifs is 14. The van der Waals surface area contributed by atoms with Crippen molar-refractivity contribution in [2.75, 3.05) is 0 Å². The van der Waals surface area contributed by atoms with E-state index in [1.165, 1.54) is 108 Å². The summed E-state index contributed by atoms with van der Waals surface area (Å²) in [5.41, 5.74) is 16.8. The summed E-state index contributed by atoms with van der Waals surface area (Å²) < 4.78 is 7.21. The van der Waals surface area contributed by atoms with Gasteiger partial charge in [0.1, 0.15) is 11.3 Å². The summed E-state index contributed by atoms with van der Waals surface area (Å²) in [6, 6.07) is 19.7. The first-order valence-electron chi connectivity index (χ1n) is 26.3. The second kappa shape index (κ2) is 14.7. The lowest BCUT2D eigenvalue weighted by Gasteiger charge is -2.52. The molecule has 66 heavy (non-hydrogen) atoms. The van der Waals surface area contributed by atoms with E-state index in [0.29, 0.717) is 35.6 Å². The largest absolute Gasteiger partial charge is 0.456 e. The maximum absolute atomic E-state index is 7.21. The Morgan fingerprint density at radius 3 is 2.50 bits per heavy atom. The van der Waals surface area contributed by atoms with Crippen LogP contribution in [-0.4, -0.2) is 17.0 Å². The first-order valence-corrected chi connectivity index (χ1v) is 26.3. The lowest BCUT2D eigenvalue weighted by Crippen LogP contribution is -2.48. The van der Waals surface area contributed by atoms with Crippen LogP contribution in [0, 0.1) is 46.8 Å². The molecular weight excluding hydrogens is 799 g/mol. The maximum Gasteiger partial charge on any atom is 0.143 e. The lowest BCUT2D eigenvalue weighted by molar-refractivity contribution is 0.151. The third kappa shape index (κ3) is 5.72. The fraction of sp³-hybridized carbons (Fsp3) is 0.438. The molecule has 0 spiro atoms. The summed E-state index contributed by atoms with van der Waals surface area (Å²) in [7, 11) is 0. The van der Waals surface area contributed by atoms with Crippen LogP contribution in [0.1, 0.15) is 127 Å². The van der Waals surface area contributed by atoms with Crippen molar-refractivity contribution in [2.45, 2.75) is 128 Å². The van der Waals surface area contributed by atoms with Gasteiger partial charge in [-0.15, -0.1) is 0 Å². The molecule has 0 saturated heterocycles. The molecule has 0 N–H and O–H groups in total. The smallest absolute Gasteiger partial charge is 0.143 e. The average molecular weight is 866 g/mol. The number of hydrogen-bond donors (Lipinski definition) is 0. The van der Waals surface area contributed by atoms with Crippen molar-refractivity contribution in [3.8, 4) is 11.1 Å². The Kier molecular flexibility index (Phi) is 8.92.